The second kappa shape index (κ2) is 13.1. The Bertz CT molecular complexity index is 1040. The van der Waals surface area contributed by atoms with E-state index in [-0.39, 0.29) is 12.5 Å². The molecule has 2 N–H and O–H groups in total. The van der Waals surface area contributed by atoms with E-state index in [1.54, 1.807) is 13.2 Å². The molecule has 0 aromatic heterocycles. The van der Waals surface area contributed by atoms with Crippen LogP contribution in [-0.4, -0.2) is 74.9 Å². The third kappa shape index (κ3) is 6.65. The summed E-state index contributed by atoms with van der Waals surface area (Å²) in [5, 5.41) is 12.0. The predicted octanol–water partition coefficient (Wildman–Crippen LogP) is 3.36. The third-order valence-electron chi connectivity index (χ3n) is 5.95. The summed E-state index contributed by atoms with van der Waals surface area (Å²) in [6, 6.07) is 14.9. The number of aliphatic imine (C=N–C) groups is 1. The number of aliphatic hydroxyl groups excluding tert-OH is 1. The molecule has 2 aromatic rings. The maximum atomic E-state index is 13.7. The van der Waals surface area contributed by atoms with E-state index in [0.29, 0.717) is 43.4 Å². The van der Waals surface area contributed by atoms with Gasteiger partial charge in [-0.15, -0.1) is 6.58 Å². The highest BCUT2D eigenvalue weighted by Crippen LogP contribution is 2.43. The molecule has 0 unspecified atom stereocenters. The summed E-state index contributed by atoms with van der Waals surface area (Å²) >= 11 is 0. The van der Waals surface area contributed by atoms with Crippen LogP contribution >= 0.6 is 0 Å². The normalized spacial score (nSPS) is 18.9. The summed E-state index contributed by atoms with van der Waals surface area (Å²) < 4.78 is 17.5. The van der Waals surface area contributed by atoms with E-state index in [1.165, 1.54) is 0 Å². The lowest BCUT2D eigenvalue weighted by molar-refractivity contribution is -0.128. The Morgan fingerprint density at radius 1 is 1.22 bits per heavy atom. The second-order valence-corrected chi connectivity index (χ2v) is 8.97. The van der Waals surface area contributed by atoms with Crippen LogP contribution in [0.1, 0.15) is 36.5 Å². The molecule has 194 valence electrons. The van der Waals surface area contributed by atoms with Crippen LogP contribution in [-0.2, 0) is 9.53 Å². The molecule has 8 heteroatoms. The van der Waals surface area contributed by atoms with Gasteiger partial charge in [-0.3, -0.25) is 4.79 Å². The molecule has 0 aliphatic carbocycles. The number of benzene rings is 2. The molecule has 0 saturated heterocycles. The van der Waals surface area contributed by atoms with Crippen LogP contribution in [0.4, 0.5) is 0 Å². The van der Waals surface area contributed by atoms with Gasteiger partial charge in [0.1, 0.15) is 11.5 Å². The van der Waals surface area contributed by atoms with Crippen LogP contribution in [0.3, 0.4) is 0 Å². The number of rotatable bonds is 14. The molecule has 36 heavy (non-hydrogen) atoms. The molecule has 3 rings (SSSR count). The molecule has 2 atom stereocenters. The lowest BCUT2D eigenvalue weighted by atomic mass is 9.84. The van der Waals surface area contributed by atoms with Crippen LogP contribution in [0.5, 0.6) is 11.5 Å². The molecule has 0 spiro atoms. The monoisotopic (exact) mass is 495 g/mol. The minimum Gasteiger partial charge on any atom is -0.497 e. The van der Waals surface area contributed by atoms with Crippen LogP contribution in [0, 0.1) is 0 Å². The zero-order valence-electron chi connectivity index (χ0n) is 21.4. The maximum absolute atomic E-state index is 13.7. The first-order valence-electron chi connectivity index (χ1n) is 12.2. The fraction of sp³-hybridized carbons (Fsp3) is 0.429. The Balaban J connectivity index is 1.93. The lowest BCUT2D eigenvalue weighted by Crippen LogP contribution is -2.48. The number of methoxy groups -OCH3 is 1. The SMILES string of the molecule is C=CC[C@@]1(C(=O)NCCCN(C)C)N=C(c2ccc(OCCCO)cc2)O[C@@H]1c1cccc(OC)c1. The number of aliphatic hydroxyl groups is 1. The number of nitrogens with zero attached hydrogens (tertiary/aromatic N) is 2. The summed E-state index contributed by atoms with van der Waals surface area (Å²) in [7, 11) is 5.61. The first-order chi connectivity index (χ1) is 17.4. The summed E-state index contributed by atoms with van der Waals surface area (Å²) in [4.78, 5) is 20.7. The highest BCUT2D eigenvalue weighted by molar-refractivity contribution is 6.01. The topological polar surface area (TPSA) is 92.6 Å². The molecule has 0 saturated carbocycles. The molecule has 0 fully saturated rings. The fourth-order valence-corrected chi connectivity index (χ4v) is 4.09. The maximum Gasteiger partial charge on any atom is 0.252 e. The van der Waals surface area contributed by atoms with Crippen molar-refractivity contribution >= 4 is 11.8 Å². The number of amides is 1. The minimum atomic E-state index is -1.21. The summed E-state index contributed by atoms with van der Waals surface area (Å²) in [5.74, 6) is 1.54. The standard InChI is InChI=1S/C28H37N3O5/c1-5-15-28(27(33)29-16-7-17-31(2)3)25(22-9-6-10-24(20-22)34-4)36-26(30-28)21-11-13-23(14-12-21)35-19-8-18-32/h5-6,9-14,20,25,32H,1,7-8,15-19H2,2-4H3,(H,29,33)/t25-,28-/m1/s1. The number of carbonyl (C=O) groups is 1. The van der Waals surface area contributed by atoms with Gasteiger partial charge in [0, 0.05) is 31.6 Å². The van der Waals surface area contributed by atoms with Gasteiger partial charge in [0.25, 0.3) is 5.91 Å². The average Bonchev–Trinajstić information content (AvgIpc) is 3.28. The van der Waals surface area contributed by atoms with E-state index < -0.39 is 11.6 Å². The molecule has 0 radical (unpaired) electrons. The van der Waals surface area contributed by atoms with Gasteiger partial charge in [0.15, 0.2) is 11.6 Å². The van der Waals surface area contributed by atoms with E-state index in [4.69, 9.17) is 24.3 Å². The first-order valence-corrected chi connectivity index (χ1v) is 12.2. The average molecular weight is 496 g/mol. The summed E-state index contributed by atoms with van der Waals surface area (Å²) in [6.07, 6.45) is 2.74. The van der Waals surface area contributed by atoms with Gasteiger partial charge in [-0.05, 0) is 69.0 Å². The molecule has 1 amide bonds. The highest BCUT2D eigenvalue weighted by Gasteiger charge is 2.52. The lowest BCUT2D eigenvalue weighted by Gasteiger charge is -2.30. The van der Waals surface area contributed by atoms with E-state index >= 15 is 0 Å². The van der Waals surface area contributed by atoms with Crippen LogP contribution < -0.4 is 14.8 Å². The van der Waals surface area contributed by atoms with Crippen molar-refractivity contribution in [3.8, 4) is 11.5 Å². The highest BCUT2D eigenvalue weighted by atomic mass is 16.5. The zero-order chi connectivity index (χ0) is 26.0. The predicted molar refractivity (Wildman–Crippen MR) is 141 cm³/mol. The number of ether oxygens (including phenoxy) is 3. The third-order valence-corrected chi connectivity index (χ3v) is 5.95. The first kappa shape index (κ1) is 27.2. The van der Waals surface area contributed by atoms with Gasteiger partial charge in [0.05, 0.1) is 13.7 Å². The summed E-state index contributed by atoms with van der Waals surface area (Å²) in [5.41, 5.74) is 0.323. The molecule has 8 nitrogen and oxygen atoms in total. The summed E-state index contributed by atoms with van der Waals surface area (Å²) in [6.45, 7) is 5.82. The van der Waals surface area contributed by atoms with Gasteiger partial charge in [-0.1, -0.05) is 18.2 Å². The van der Waals surface area contributed by atoms with Gasteiger partial charge < -0.3 is 29.5 Å². The smallest absolute Gasteiger partial charge is 0.252 e. The van der Waals surface area contributed by atoms with E-state index in [0.717, 1.165) is 24.1 Å². The molecular formula is C28H37N3O5. The van der Waals surface area contributed by atoms with Gasteiger partial charge >= 0.3 is 0 Å². The Morgan fingerprint density at radius 3 is 2.67 bits per heavy atom. The number of nitrogens with one attached hydrogen (secondary N) is 1. The van der Waals surface area contributed by atoms with Gasteiger partial charge in [-0.2, -0.15) is 0 Å². The van der Waals surface area contributed by atoms with Crippen molar-refractivity contribution in [2.45, 2.75) is 30.9 Å². The molecular weight excluding hydrogens is 458 g/mol. The number of hydrogen-bond acceptors (Lipinski definition) is 7. The van der Waals surface area contributed by atoms with Crippen LogP contribution in [0.25, 0.3) is 0 Å². The van der Waals surface area contributed by atoms with Gasteiger partial charge in [-0.25, -0.2) is 4.99 Å². The van der Waals surface area contributed by atoms with Crippen LogP contribution in [0.15, 0.2) is 66.2 Å². The Hall–Kier alpha value is -3.36. The van der Waals surface area contributed by atoms with Crippen molar-refractivity contribution in [1.29, 1.82) is 0 Å². The largest absolute Gasteiger partial charge is 0.497 e. The van der Waals surface area contributed by atoms with Crippen LogP contribution in [0.2, 0.25) is 0 Å². The quantitative estimate of drug-likeness (QED) is 0.308. The van der Waals surface area contributed by atoms with Crippen molar-refractivity contribution in [3.05, 3.63) is 72.3 Å². The van der Waals surface area contributed by atoms with Gasteiger partial charge in [0.2, 0.25) is 5.90 Å². The Morgan fingerprint density at radius 2 is 2.00 bits per heavy atom. The zero-order valence-corrected chi connectivity index (χ0v) is 21.4. The number of hydrogen-bond donors (Lipinski definition) is 2. The number of carbonyl (C=O) groups excluding carboxylic acids is 1. The van der Waals surface area contributed by atoms with Crippen molar-refractivity contribution in [2.24, 2.45) is 4.99 Å². The molecule has 1 heterocycles. The molecule has 2 aromatic carbocycles. The van der Waals surface area contributed by atoms with E-state index in [2.05, 4.69) is 16.8 Å². The van der Waals surface area contributed by atoms with Crippen molar-refractivity contribution in [3.63, 3.8) is 0 Å². The Labute approximate surface area is 213 Å². The minimum absolute atomic E-state index is 0.0803. The molecule has 0 bridgehead atoms. The second-order valence-electron chi connectivity index (χ2n) is 8.97. The van der Waals surface area contributed by atoms with Crippen molar-refractivity contribution in [1.82, 2.24) is 10.2 Å². The van der Waals surface area contributed by atoms with E-state index in [9.17, 15) is 4.79 Å². The van der Waals surface area contributed by atoms with Crippen molar-refractivity contribution < 1.29 is 24.1 Å². The van der Waals surface area contributed by atoms with E-state index in [1.807, 2.05) is 62.6 Å². The molecule has 1 aliphatic rings. The molecule has 1 aliphatic heterocycles. The fourth-order valence-electron chi connectivity index (χ4n) is 4.09. The Kier molecular flexibility index (Phi) is 9.90. The van der Waals surface area contributed by atoms with Crippen molar-refractivity contribution in [2.75, 3.05) is 47.5 Å².